The van der Waals surface area contributed by atoms with Gasteiger partial charge in [-0.15, -0.1) is 0 Å². The largest absolute Gasteiger partial charge is 0.496 e. The number of carbonyl (C=O) groups excluding carboxylic acids is 1. The summed E-state index contributed by atoms with van der Waals surface area (Å²) in [5, 5.41) is 1.89. The smallest absolute Gasteiger partial charge is 0.302 e. The molecule has 2 aliphatic rings. The highest BCUT2D eigenvalue weighted by molar-refractivity contribution is 9.10. The van der Waals surface area contributed by atoms with E-state index in [0.29, 0.717) is 34.1 Å². The molecular weight excluding hydrogens is 412 g/mol. The third kappa shape index (κ3) is 2.02. The van der Waals surface area contributed by atoms with Crippen molar-refractivity contribution < 1.29 is 23.7 Å². The highest BCUT2D eigenvalue weighted by atomic mass is 79.9. The average Bonchev–Trinajstić information content (AvgIpc) is 2.90. The first kappa shape index (κ1) is 16.4. The van der Waals surface area contributed by atoms with Gasteiger partial charge in [0.05, 0.1) is 30.7 Å². The number of halogens is 1. The molecule has 0 bridgehead atoms. The molecule has 1 heterocycles. The summed E-state index contributed by atoms with van der Waals surface area (Å²) in [6.45, 7) is 0. The Bertz CT molecular complexity index is 1070. The lowest BCUT2D eigenvalue weighted by molar-refractivity contribution is -0.114. The van der Waals surface area contributed by atoms with Crippen LogP contribution in [0.3, 0.4) is 0 Å². The Morgan fingerprint density at radius 2 is 1.52 bits per heavy atom. The van der Waals surface area contributed by atoms with Crippen molar-refractivity contribution in [2.24, 2.45) is 0 Å². The van der Waals surface area contributed by atoms with Crippen molar-refractivity contribution in [1.82, 2.24) is 0 Å². The number of rotatable bonds is 2. The number of methoxy groups -OCH3 is 2. The van der Waals surface area contributed by atoms with Gasteiger partial charge in [0.2, 0.25) is 0 Å². The van der Waals surface area contributed by atoms with Crippen LogP contribution in [0.25, 0.3) is 10.8 Å². The lowest BCUT2D eigenvalue weighted by Gasteiger charge is -2.38. The molecule has 5 rings (SSSR count). The SMILES string of the molecule is COc1ccc(OC)c2c1C(=O)C(Br)C21Oc2cccc3cccc(c23)O1. The van der Waals surface area contributed by atoms with E-state index >= 15 is 0 Å². The lowest BCUT2D eigenvalue weighted by atomic mass is 10.0. The number of alkyl halides is 1. The Balaban J connectivity index is 1.82. The monoisotopic (exact) mass is 426 g/mol. The highest BCUT2D eigenvalue weighted by Crippen LogP contribution is 2.55. The molecule has 0 fully saturated rings. The van der Waals surface area contributed by atoms with E-state index in [1.807, 2.05) is 36.4 Å². The van der Waals surface area contributed by atoms with Crippen LogP contribution in [0.2, 0.25) is 0 Å². The van der Waals surface area contributed by atoms with Crippen molar-refractivity contribution >= 4 is 32.5 Å². The third-order valence-electron chi connectivity index (χ3n) is 5.08. The molecule has 0 aromatic heterocycles. The van der Waals surface area contributed by atoms with Crippen molar-refractivity contribution in [2.45, 2.75) is 10.6 Å². The van der Waals surface area contributed by atoms with Gasteiger partial charge in [0.25, 0.3) is 0 Å². The van der Waals surface area contributed by atoms with Gasteiger partial charge in [-0.3, -0.25) is 4.79 Å². The van der Waals surface area contributed by atoms with Crippen molar-refractivity contribution in [3.63, 3.8) is 0 Å². The summed E-state index contributed by atoms with van der Waals surface area (Å²) in [5.41, 5.74) is 0.938. The number of hydrogen-bond donors (Lipinski definition) is 0. The molecule has 0 radical (unpaired) electrons. The molecule has 136 valence electrons. The molecule has 3 aromatic rings. The molecule has 0 saturated carbocycles. The van der Waals surface area contributed by atoms with Crippen LogP contribution in [-0.2, 0) is 5.79 Å². The zero-order chi connectivity index (χ0) is 18.8. The van der Waals surface area contributed by atoms with Gasteiger partial charge in [-0.05, 0) is 29.7 Å². The molecule has 1 aliphatic carbocycles. The minimum Gasteiger partial charge on any atom is -0.496 e. The molecule has 5 nitrogen and oxygen atoms in total. The minimum atomic E-state index is -1.38. The summed E-state index contributed by atoms with van der Waals surface area (Å²) in [7, 11) is 3.08. The fraction of sp³-hybridized carbons (Fsp3) is 0.190. The highest BCUT2D eigenvalue weighted by Gasteiger charge is 2.60. The Morgan fingerprint density at radius 1 is 0.926 bits per heavy atom. The second kappa shape index (κ2) is 5.63. The zero-order valence-electron chi connectivity index (χ0n) is 14.6. The molecule has 1 spiro atoms. The number of hydrogen-bond acceptors (Lipinski definition) is 5. The van der Waals surface area contributed by atoms with Crippen LogP contribution in [0, 0.1) is 0 Å². The lowest BCUT2D eigenvalue weighted by Crippen LogP contribution is -2.47. The van der Waals surface area contributed by atoms with Gasteiger partial charge >= 0.3 is 5.79 Å². The summed E-state index contributed by atoms with van der Waals surface area (Å²) >= 11 is 3.52. The number of fused-ring (bicyclic) bond motifs is 2. The summed E-state index contributed by atoms with van der Waals surface area (Å²) < 4.78 is 23.7. The number of benzene rings is 3. The fourth-order valence-corrected chi connectivity index (χ4v) is 4.56. The van der Waals surface area contributed by atoms with Crippen LogP contribution in [0.4, 0.5) is 0 Å². The van der Waals surface area contributed by atoms with Crippen LogP contribution in [0.1, 0.15) is 15.9 Å². The predicted molar refractivity (Wildman–Crippen MR) is 103 cm³/mol. The second-order valence-corrected chi connectivity index (χ2v) is 7.34. The van der Waals surface area contributed by atoms with E-state index < -0.39 is 10.6 Å². The molecule has 1 unspecified atom stereocenters. The van der Waals surface area contributed by atoms with E-state index in [9.17, 15) is 4.79 Å². The first-order valence-corrected chi connectivity index (χ1v) is 9.36. The van der Waals surface area contributed by atoms with Crippen LogP contribution in [0.15, 0.2) is 48.5 Å². The fourth-order valence-electron chi connectivity index (χ4n) is 3.92. The van der Waals surface area contributed by atoms with Gasteiger partial charge in [-0.2, -0.15) is 0 Å². The van der Waals surface area contributed by atoms with E-state index in [-0.39, 0.29) is 5.78 Å². The summed E-state index contributed by atoms with van der Waals surface area (Å²) in [4.78, 5) is 12.4. The summed E-state index contributed by atoms with van der Waals surface area (Å²) in [6.07, 6.45) is 0. The van der Waals surface area contributed by atoms with E-state index in [2.05, 4.69) is 15.9 Å². The Kier molecular flexibility index (Phi) is 3.43. The van der Waals surface area contributed by atoms with Gasteiger partial charge in [-0.25, -0.2) is 0 Å². The maximum atomic E-state index is 13.1. The molecular formula is C21H15BrO5. The first-order chi connectivity index (χ1) is 13.1. The minimum absolute atomic E-state index is 0.174. The van der Waals surface area contributed by atoms with Crippen LogP contribution < -0.4 is 18.9 Å². The number of Topliss-reactive ketones (excluding diaryl/α,β-unsaturated/α-hetero) is 1. The number of ether oxygens (including phenoxy) is 4. The van der Waals surface area contributed by atoms with Crippen LogP contribution in [-0.4, -0.2) is 24.8 Å². The predicted octanol–water partition coefficient (Wildman–Crippen LogP) is 4.44. The molecule has 3 aromatic carbocycles. The maximum absolute atomic E-state index is 13.1. The van der Waals surface area contributed by atoms with Crippen molar-refractivity contribution in [1.29, 1.82) is 0 Å². The molecule has 1 atom stereocenters. The third-order valence-corrected chi connectivity index (χ3v) is 6.10. The standard InChI is InChI=1S/C21H15BrO5/c1-24-12-9-10-15(25-2)18-17(12)19(23)20(22)21(18)26-13-7-3-5-11-6-4-8-14(27-21)16(11)13/h3-10,20H,1-2H3. The molecule has 1 aliphatic heterocycles. The van der Waals surface area contributed by atoms with E-state index in [1.54, 1.807) is 19.2 Å². The van der Waals surface area contributed by atoms with Gasteiger partial charge in [0, 0.05) is 0 Å². The Hall–Kier alpha value is -2.73. The van der Waals surface area contributed by atoms with Crippen molar-refractivity contribution in [3.8, 4) is 23.0 Å². The van der Waals surface area contributed by atoms with E-state index in [0.717, 1.165) is 10.8 Å². The normalized spacial score (nSPS) is 18.8. The Labute approximate surface area is 163 Å². The molecule has 0 N–H and O–H groups in total. The second-order valence-electron chi connectivity index (χ2n) is 6.43. The van der Waals surface area contributed by atoms with E-state index in [4.69, 9.17) is 18.9 Å². The maximum Gasteiger partial charge on any atom is 0.302 e. The topological polar surface area (TPSA) is 54.0 Å². The molecule has 27 heavy (non-hydrogen) atoms. The zero-order valence-corrected chi connectivity index (χ0v) is 16.2. The first-order valence-electron chi connectivity index (χ1n) is 8.44. The average molecular weight is 427 g/mol. The van der Waals surface area contributed by atoms with Crippen LogP contribution in [0.5, 0.6) is 23.0 Å². The summed E-state index contributed by atoms with van der Waals surface area (Å²) in [6, 6.07) is 15.1. The van der Waals surface area contributed by atoms with Gasteiger partial charge in [-0.1, -0.05) is 40.2 Å². The van der Waals surface area contributed by atoms with E-state index in [1.165, 1.54) is 7.11 Å². The van der Waals surface area contributed by atoms with Crippen molar-refractivity contribution in [3.05, 3.63) is 59.7 Å². The number of carbonyl (C=O) groups is 1. The van der Waals surface area contributed by atoms with Crippen molar-refractivity contribution in [2.75, 3.05) is 14.2 Å². The summed E-state index contributed by atoms with van der Waals surface area (Å²) in [5.74, 6) is 0.726. The molecule has 0 amide bonds. The van der Waals surface area contributed by atoms with Gasteiger partial charge < -0.3 is 18.9 Å². The quantitative estimate of drug-likeness (QED) is 0.566. The molecule has 0 saturated heterocycles. The van der Waals surface area contributed by atoms with Crippen LogP contribution >= 0.6 is 15.9 Å². The van der Waals surface area contributed by atoms with Gasteiger partial charge in [0.1, 0.15) is 23.0 Å². The Morgan fingerprint density at radius 3 is 2.11 bits per heavy atom. The number of ketones is 1. The van der Waals surface area contributed by atoms with Gasteiger partial charge in [0.15, 0.2) is 10.6 Å². The molecule has 6 heteroatoms.